The molecule has 2 heterocycles. The van der Waals surface area contributed by atoms with Crippen molar-refractivity contribution in [2.24, 2.45) is 7.05 Å². The van der Waals surface area contributed by atoms with E-state index in [0.29, 0.717) is 4.77 Å². The van der Waals surface area contributed by atoms with E-state index in [1.165, 1.54) is 0 Å². The lowest BCUT2D eigenvalue weighted by Gasteiger charge is -2.13. The van der Waals surface area contributed by atoms with Gasteiger partial charge >= 0.3 is 0 Å². The average Bonchev–Trinajstić information content (AvgIpc) is 2.95. The number of anilines is 1. The van der Waals surface area contributed by atoms with Gasteiger partial charge in [-0.1, -0.05) is 6.92 Å². The summed E-state index contributed by atoms with van der Waals surface area (Å²) >= 11 is 5.50. The van der Waals surface area contributed by atoms with Crippen molar-refractivity contribution >= 4 is 29.1 Å². The first-order chi connectivity index (χ1) is 10.0. The summed E-state index contributed by atoms with van der Waals surface area (Å²) in [6.07, 6.45) is 0.881. The molecular weight excluding hydrogens is 282 g/mol. The van der Waals surface area contributed by atoms with Crippen molar-refractivity contribution in [3.63, 3.8) is 0 Å². The van der Waals surface area contributed by atoms with Crippen molar-refractivity contribution in [3.05, 3.63) is 34.7 Å². The zero-order valence-electron chi connectivity index (χ0n) is 12.7. The minimum Gasteiger partial charge on any atom is -0.378 e. The molecule has 110 valence electrons. The van der Waals surface area contributed by atoms with Gasteiger partial charge in [0.05, 0.1) is 11.4 Å². The summed E-state index contributed by atoms with van der Waals surface area (Å²) in [7, 11) is 6.02. The zero-order valence-corrected chi connectivity index (χ0v) is 13.5. The molecule has 0 radical (unpaired) electrons. The molecule has 0 saturated heterocycles. The second kappa shape index (κ2) is 5.04. The third-order valence-electron chi connectivity index (χ3n) is 3.70. The Kier molecular flexibility index (Phi) is 3.33. The first kappa shape index (κ1) is 13.9. The van der Waals surface area contributed by atoms with Gasteiger partial charge in [0.2, 0.25) is 0 Å². The summed E-state index contributed by atoms with van der Waals surface area (Å²) in [5.41, 5.74) is 5.29. The van der Waals surface area contributed by atoms with E-state index in [2.05, 4.69) is 46.2 Å². The number of rotatable bonds is 3. The summed E-state index contributed by atoms with van der Waals surface area (Å²) in [4.78, 5) is 5.37. The lowest BCUT2D eigenvalue weighted by Crippen LogP contribution is -2.08. The maximum Gasteiger partial charge on any atom is 0.184 e. The SMILES string of the molecule is CCc1nn(C)c2c1[nH]c(=S)n2-c1ccc(N(C)C)cc1. The smallest absolute Gasteiger partial charge is 0.184 e. The highest BCUT2D eigenvalue weighted by atomic mass is 32.1. The van der Waals surface area contributed by atoms with Gasteiger partial charge in [-0.2, -0.15) is 5.10 Å². The van der Waals surface area contributed by atoms with Crippen molar-refractivity contribution in [2.75, 3.05) is 19.0 Å². The standard InChI is InChI=1S/C15H19N5S/c1-5-12-13-14(19(4)17-12)20(15(21)16-13)11-8-6-10(7-9-11)18(2)3/h6-9H,5H2,1-4H3,(H,16,21). The van der Waals surface area contributed by atoms with Crippen LogP contribution < -0.4 is 4.90 Å². The van der Waals surface area contributed by atoms with Crippen LogP contribution in [-0.4, -0.2) is 33.4 Å². The van der Waals surface area contributed by atoms with Crippen LogP contribution in [0.1, 0.15) is 12.6 Å². The molecule has 5 nitrogen and oxygen atoms in total. The van der Waals surface area contributed by atoms with Gasteiger partial charge in [-0.15, -0.1) is 0 Å². The molecule has 1 aromatic carbocycles. The topological polar surface area (TPSA) is 41.8 Å². The molecule has 0 fully saturated rings. The third kappa shape index (κ3) is 2.15. The molecule has 6 heteroatoms. The summed E-state index contributed by atoms with van der Waals surface area (Å²) in [5.74, 6) is 0. The molecule has 21 heavy (non-hydrogen) atoms. The van der Waals surface area contributed by atoms with Crippen LogP contribution in [0, 0.1) is 4.77 Å². The molecule has 0 aliphatic rings. The predicted molar refractivity (Wildman–Crippen MR) is 88.9 cm³/mol. The fraction of sp³-hybridized carbons (Fsp3) is 0.333. The number of nitrogens with one attached hydrogen (secondary N) is 1. The third-order valence-corrected chi connectivity index (χ3v) is 3.98. The van der Waals surface area contributed by atoms with E-state index >= 15 is 0 Å². The molecule has 0 unspecified atom stereocenters. The highest BCUT2D eigenvalue weighted by Gasteiger charge is 2.15. The molecular formula is C15H19N5S. The number of hydrogen-bond donors (Lipinski definition) is 1. The van der Waals surface area contributed by atoms with Gasteiger partial charge in [0.15, 0.2) is 10.4 Å². The molecule has 0 aliphatic carbocycles. The van der Waals surface area contributed by atoms with Crippen LogP contribution in [0.15, 0.2) is 24.3 Å². The minimum absolute atomic E-state index is 0.699. The highest BCUT2D eigenvalue weighted by molar-refractivity contribution is 7.71. The lowest BCUT2D eigenvalue weighted by atomic mass is 10.2. The molecule has 1 N–H and O–H groups in total. The number of aromatic amines is 1. The summed E-state index contributed by atoms with van der Waals surface area (Å²) in [6, 6.07) is 8.34. The molecule has 0 amide bonds. The van der Waals surface area contributed by atoms with Crippen LogP contribution in [-0.2, 0) is 13.5 Å². The Bertz CT molecular complexity index is 835. The number of aromatic nitrogens is 4. The number of nitrogens with zero attached hydrogens (tertiary/aromatic N) is 4. The van der Waals surface area contributed by atoms with Crippen LogP contribution in [0.2, 0.25) is 0 Å². The van der Waals surface area contributed by atoms with Gasteiger partial charge in [-0.3, -0.25) is 4.57 Å². The number of aryl methyl sites for hydroxylation is 2. The van der Waals surface area contributed by atoms with E-state index in [4.69, 9.17) is 12.2 Å². The van der Waals surface area contributed by atoms with Gasteiger partial charge in [-0.05, 0) is 42.9 Å². The molecule has 0 atom stereocenters. The fourth-order valence-corrected chi connectivity index (χ4v) is 2.89. The van der Waals surface area contributed by atoms with Crippen molar-refractivity contribution in [3.8, 4) is 5.69 Å². The Labute approximate surface area is 128 Å². The van der Waals surface area contributed by atoms with Gasteiger partial charge in [0.1, 0.15) is 5.52 Å². The highest BCUT2D eigenvalue weighted by Crippen LogP contribution is 2.23. The van der Waals surface area contributed by atoms with Gasteiger partial charge in [0.25, 0.3) is 0 Å². The Hall–Kier alpha value is -2.08. The largest absolute Gasteiger partial charge is 0.378 e. The number of hydrogen-bond acceptors (Lipinski definition) is 3. The Morgan fingerprint density at radius 2 is 1.90 bits per heavy atom. The van der Waals surface area contributed by atoms with Crippen molar-refractivity contribution in [1.29, 1.82) is 0 Å². The number of H-pyrrole nitrogens is 1. The second-order valence-electron chi connectivity index (χ2n) is 5.30. The summed E-state index contributed by atoms with van der Waals surface area (Å²) < 4.78 is 4.63. The minimum atomic E-state index is 0.699. The molecule has 0 aliphatic heterocycles. The first-order valence-corrected chi connectivity index (χ1v) is 7.38. The Morgan fingerprint density at radius 1 is 1.24 bits per heavy atom. The molecule has 3 rings (SSSR count). The molecule has 0 bridgehead atoms. The molecule has 3 aromatic rings. The van der Waals surface area contributed by atoms with E-state index in [9.17, 15) is 0 Å². The number of fused-ring (bicyclic) bond motifs is 1. The van der Waals surface area contributed by atoms with E-state index in [1.54, 1.807) is 0 Å². The van der Waals surface area contributed by atoms with Crippen molar-refractivity contribution < 1.29 is 0 Å². The van der Waals surface area contributed by atoms with E-state index < -0.39 is 0 Å². The van der Waals surface area contributed by atoms with E-state index in [1.807, 2.05) is 30.4 Å². The van der Waals surface area contributed by atoms with Gasteiger partial charge in [0, 0.05) is 26.8 Å². The van der Waals surface area contributed by atoms with Crippen LogP contribution in [0.4, 0.5) is 5.69 Å². The number of imidazole rings is 1. The Balaban J connectivity index is 2.22. The molecule has 0 saturated carbocycles. The van der Waals surface area contributed by atoms with Crippen molar-refractivity contribution in [1.82, 2.24) is 19.3 Å². The summed E-state index contributed by atoms with van der Waals surface area (Å²) in [5, 5.41) is 4.55. The monoisotopic (exact) mass is 301 g/mol. The molecule has 2 aromatic heterocycles. The molecule has 0 spiro atoms. The van der Waals surface area contributed by atoms with Crippen LogP contribution >= 0.6 is 12.2 Å². The van der Waals surface area contributed by atoms with Crippen molar-refractivity contribution in [2.45, 2.75) is 13.3 Å². The van der Waals surface area contributed by atoms with Crippen LogP contribution in [0.3, 0.4) is 0 Å². The lowest BCUT2D eigenvalue weighted by molar-refractivity contribution is 0.748. The summed E-state index contributed by atoms with van der Waals surface area (Å²) in [6.45, 7) is 2.10. The van der Waals surface area contributed by atoms with Crippen LogP contribution in [0.25, 0.3) is 16.9 Å². The van der Waals surface area contributed by atoms with Crippen LogP contribution in [0.5, 0.6) is 0 Å². The van der Waals surface area contributed by atoms with E-state index in [0.717, 1.165) is 34.7 Å². The zero-order chi connectivity index (χ0) is 15.1. The average molecular weight is 301 g/mol. The Morgan fingerprint density at radius 3 is 2.48 bits per heavy atom. The maximum atomic E-state index is 5.50. The quantitative estimate of drug-likeness (QED) is 0.756. The van der Waals surface area contributed by atoms with Gasteiger partial charge < -0.3 is 9.88 Å². The van der Waals surface area contributed by atoms with E-state index in [-0.39, 0.29) is 0 Å². The second-order valence-corrected chi connectivity index (χ2v) is 5.69. The maximum absolute atomic E-state index is 5.50. The first-order valence-electron chi connectivity index (χ1n) is 6.97. The predicted octanol–water partition coefficient (Wildman–Crippen LogP) is 3.05. The fourth-order valence-electron chi connectivity index (χ4n) is 2.60. The normalized spacial score (nSPS) is 11.2. The number of benzene rings is 1. The van der Waals surface area contributed by atoms with Gasteiger partial charge in [-0.25, -0.2) is 4.68 Å².